The minimum Gasteiger partial charge on any atom is -0.273 e. The lowest BCUT2D eigenvalue weighted by molar-refractivity contribution is -0.384. The summed E-state index contributed by atoms with van der Waals surface area (Å²) in [6.45, 7) is 3.55. The van der Waals surface area contributed by atoms with Gasteiger partial charge < -0.3 is 0 Å². The Labute approximate surface area is 194 Å². The van der Waals surface area contributed by atoms with Crippen molar-refractivity contribution in [3.05, 3.63) is 92.8 Å². The molecule has 4 rings (SSSR count). The van der Waals surface area contributed by atoms with Crippen LogP contribution in [0.25, 0.3) is 11.8 Å². The van der Waals surface area contributed by atoms with Crippen molar-refractivity contribution < 1.29 is 19.3 Å². The molecule has 0 bridgehead atoms. The van der Waals surface area contributed by atoms with Crippen molar-refractivity contribution in [1.82, 2.24) is 20.0 Å². The number of barbiturate groups is 1. The predicted molar refractivity (Wildman–Crippen MR) is 123 cm³/mol. The van der Waals surface area contributed by atoms with Gasteiger partial charge in [-0.15, -0.1) is 0 Å². The van der Waals surface area contributed by atoms with Crippen LogP contribution in [0, 0.1) is 24.0 Å². The average Bonchev–Trinajstić information content (AvgIpc) is 3.10. The molecular weight excluding hydrogens is 438 g/mol. The molecule has 0 saturated carbocycles. The standard InChI is InChI=1S/C24H21N5O5/c1-15-20(16(2)28(26-15)18-9-6-10-19(13-18)29(33)34)14-21-22(30)25-24(32)27(23(21)31)12-11-17-7-4-3-5-8-17/h3-10,13-14H,11-12H2,1-2H3,(H,25,30,32)/b21-14+. The second-order valence-corrected chi connectivity index (χ2v) is 7.78. The van der Waals surface area contributed by atoms with Crippen molar-refractivity contribution in [2.24, 2.45) is 0 Å². The third-order valence-electron chi connectivity index (χ3n) is 5.57. The zero-order chi connectivity index (χ0) is 24.4. The van der Waals surface area contributed by atoms with Crippen LogP contribution in [0.3, 0.4) is 0 Å². The van der Waals surface area contributed by atoms with Crippen LogP contribution in [0.15, 0.2) is 60.2 Å². The number of carbonyl (C=O) groups excluding carboxylic acids is 3. The molecule has 1 aliphatic heterocycles. The fourth-order valence-electron chi connectivity index (χ4n) is 3.78. The molecule has 1 fully saturated rings. The average molecular weight is 459 g/mol. The van der Waals surface area contributed by atoms with Crippen molar-refractivity contribution in [1.29, 1.82) is 0 Å². The lowest BCUT2D eigenvalue weighted by Crippen LogP contribution is -2.54. The number of urea groups is 1. The van der Waals surface area contributed by atoms with E-state index < -0.39 is 22.8 Å². The number of rotatable bonds is 6. The Morgan fingerprint density at radius 1 is 1.06 bits per heavy atom. The monoisotopic (exact) mass is 459 g/mol. The third kappa shape index (κ3) is 4.33. The van der Waals surface area contributed by atoms with Gasteiger partial charge in [0, 0.05) is 29.9 Å². The molecule has 1 aliphatic rings. The highest BCUT2D eigenvalue weighted by molar-refractivity contribution is 6.31. The van der Waals surface area contributed by atoms with Gasteiger partial charge in [-0.05, 0) is 38.0 Å². The number of aryl methyl sites for hydroxylation is 1. The van der Waals surface area contributed by atoms with E-state index in [1.54, 1.807) is 26.0 Å². The zero-order valence-corrected chi connectivity index (χ0v) is 18.5. The van der Waals surface area contributed by atoms with E-state index in [0.717, 1.165) is 10.5 Å². The van der Waals surface area contributed by atoms with Gasteiger partial charge in [0.05, 0.1) is 16.3 Å². The van der Waals surface area contributed by atoms with E-state index in [1.807, 2.05) is 30.3 Å². The van der Waals surface area contributed by atoms with Crippen LogP contribution in [0.2, 0.25) is 0 Å². The van der Waals surface area contributed by atoms with Crippen molar-refractivity contribution in [3.63, 3.8) is 0 Å². The topological polar surface area (TPSA) is 127 Å². The molecule has 1 saturated heterocycles. The van der Waals surface area contributed by atoms with E-state index in [4.69, 9.17) is 0 Å². The minimum absolute atomic E-state index is 0.0839. The van der Waals surface area contributed by atoms with Crippen LogP contribution in [-0.2, 0) is 16.0 Å². The first-order valence-corrected chi connectivity index (χ1v) is 10.5. The Hall–Kier alpha value is -4.60. The van der Waals surface area contributed by atoms with E-state index in [9.17, 15) is 24.5 Å². The Balaban J connectivity index is 1.65. The van der Waals surface area contributed by atoms with Gasteiger partial charge in [-0.25, -0.2) is 9.48 Å². The quantitative estimate of drug-likeness (QED) is 0.261. The van der Waals surface area contributed by atoms with Crippen LogP contribution in [0.4, 0.5) is 10.5 Å². The SMILES string of the molecule is Cc1nn(-c2cccc([N+](=O)[O-])c2)c(C)c1/C=C1\C(=O)NC(=O)N(CCc2ccccc2)C1=O. The first-order valence-electron chi connectivity index (χ1n) is 10.5. The lowest BCUT2D eigenvalue weighted by atomic mass is 10.1. The molecule has 10 nitrogen and oxygen atoms in total. The van der Waals surface area contributed by atoms with E-state index in [-0.39, 0.29) is 17.8 Å². The van der Waals surface area contributed by atoms with Crippen LogP contribution >= 0.6 is 0 Å². The van der Waals surface area contributed by atoms with Gasteiger partial charge in [-0.2, -0.15) is 5.10 Å². The molecular formula is C24H21N5O5. The zero-order valence-electron chi connectivity index (χ0n) is 18.5. The van der Waals surface area contributed by atoms with Gasteiger partial charge in [0.25, 0.3) is 17.5 Å². The number of hydrogen-bond donors (Lipinski definition) is 1. The molecule has 34 heavy (non-hydrogen) atoms. The van der Waals surface area contributed by atoms with Gasteiger partial charge in [-0.1, -0.05) is 36.4 Å². The van der Waals surface area contributed by atoms with Crippen molar-refractivity contribution in [2.75, 3.05) is 6.54 Å². The number of imide groups is 2. The number of nitrogens with zero attached hydrogens (tertiary/aromatic N) is 4. The van der Waals surface area contributed by atoms with Gasteiger partial charge in [0.1, 0.15) is 5.57 Å². The summed E-state index contributed by atoms with van der Waals surface area (Å²) in [6.07, 6.45) is 1.86. The van der Waals surface area contributed by atoms with Crippen LogP contribution in [-0.4, -0.2) is 44.0 Å². The molecule has 2 aromatic carbocycles. The molecule has 1 aromatic heterocycles. The van der Waals surface area contributed by atoms with Crippen molar-refractivity contribution in [2.45, 2.75) is 20.3 Å². The Kier molecular flexibility index (Phi) is 6.05. The highest BCUT2D eigenvalue weighted by atomic mass is 16.6. The fraction of sp³-hybridized carbons (Fsp3) is 0.167. The van der Waals surface area contributed by atoms with E-state index in [2.05, 4.69) is 10.4 Å². The van der Waals surface area contributed by atoms with Crippen LogP contribution in [0.5, 0.6) is 0 Å². The Bertz CT molecular complexity index is 1340. The maximum atomic E-state index is 13.1. The number of hydrogen-bond acceptors (Lipinski definition) is 6. The van der Waals surface area contributed by atoms with Gasteiger partial charge in [0.15, 0.2) is 0 Å². The number of nitro benzene ring substituents is 1. The number of benzene rings is 2. The molecule has 0 aliphatic carbocycles. The van der Waals surface area contributed by atoms with Gasteiger partial charge in [0.2, 0.25) is 0 Å². The predicted octanol–water partition coefficient (Wildman–Crippen LogP) is 3.10. The van der Waals surface area contributed by atoms with Crippen LogP contribution in [0.1, 0.15) is 22.5 Å². The summed E-state index contributed by atoms with van der Waals surface area (Å²) in [5, 5.41) is 17.8. The summed E-state index contributed by atoms with van der Waals surface area (Å²) in [5.41, 5.74) is 2.77. The normalized spacial score (nSPS) is 15.1. The van der Waals surface area contributed by atoms with E-state index in [1.165, 1.54) is 22.9 Å². The third-order valence-corrected chi connectivity index (χ3v) is 5.57. The summed E-state index contributed by atoms with van der Waals surface area (Å²) < 4.78 is 1.51. The highest BCUT2D eigenvalue weighted by Gasteiger charge is 2.35. The molecule has 0 spiro atoms. The smallest absolute Gasteiger partial charge is 0.273 e. The molecule has 0 atom stereocenters. The summed E-state index contributed by atoms with van der Waals surface area (Å²) in [7, 11) is 0. The number of amides is 4. The summed E-state index contributed by atoms with van der Waals surface area (Å²) in [4.78, 5) is 49.5. The van der Waals surface area contributed by atoms with Crippen molar-refractivity contribution in [3.8, 4) is 5.69 Å². The second kappa shape index (κ2) is 9.10. The highest BCUT2D eigenvalue weighted by Crippen LogP contribution is 2.24. The fourth-order valence-corrected chi connectivity index (χ4v) is 3.78. The maximum absolute atomic E-state index is 13.1. The number of non-ortho nitro benzene ring substituents is 1. The maximum Gasteiger partial charge on any atom is 0.331 e. The Morgan fingerprint density at radius 3 is 2.50 bits per heavy atom. The van der Waals surface area contributed by atoms with E-state index >= 15 is 0 Å². The molecule has 4 amide bonds. The number of nitro groups is 1. The molecule has 2 heterocycles. The summed E-state index contributed by atoms with van der Waals surface area (Å²) >= 11 is 0. The molecule has 0 unspecified atom stereocenters. The number of carbonyl (C=O) groups is 3. The molecule has 10 heteroatoms. The summed E-state index contributed by atoms with van der Waals surface area (Å²) in [6, 6.07) is 14.6. The molecule has 1 N–H and O–H groups in total. The molecule has 3 aromatic rings. The van der Waals surface area contributed by atoms with E-state index in [0.29, 0.717) is 29.1 Å². The van der Waals surface area contributed by atoms with Gasteiger partial charge >= 0.3 is 6.03 Å². The number of aromatic nitrogens is 2. The number of nitrogens with one attached hydrogen (secondary N) is 1. The Morgan fingerprint density at radius 2 is 1.79 bits per heavy atom. The first kappa shape index (κ1) is 22.6. The largest absolute Gasteiger partial charge is 0.331 e. The second-order valence-electron chi connectivity index (χ2n) is 7.78. The molecule has 0 radical (unpaired) electrons. The van der Waals surface area contributed by atoms with Crippen LogP contribution < -0.4 is 5.32 Å². The van der Waals surface area contributed by atoms with Gasteiger partial charge in [-0.3, -0.25) is 29.9 Å². The summed E-state index contributed by atoms with van der Waals surface area (Å²) in [5.74, 6) is -1.47. The minimum atomic E-state index is -0.784. The van der Waals surface area contributed by atoms with Crippen molar-refractivity contribution >= 4 is 29.6 Å². The molecule has 172 valence electrons. The first-order chi connectivity index (χ1) is 16.3. The lowest BCUT2D eigenvalue weighted by Gasteiger charge is -2.26.